The number of nitrogens with one attached hydrogen (secondary N) is 1. The fourth-order valence-corrected chi connectivity index (χ4v) is 2.18. The van der Waals surface area contributed by atoms with Crippen molar-refractivity contribution in [3.05, 3.63) is 29.7 Å². The van der Waals surface area contributed by atoms with E-state index < -0.39 is 29.1 Å². The Hall–Kier alpha value is -3.02. The van der Waals surface area contributed by atoms with Crippen molar-refractivity contribution in [2.24, 2.45) is 7.05 Å². The minimum Gasteiger partial charge on any atom is -0.422 e. The SMILES string of the molecule is Cn1nccc1-c1c(F)cc2c(c1C#N)OC(F)(F)C(=O)N2. The molecule has 1 aromatic carbocycles. The lowest BCUT2D eigenvalue weighted by atomic mass is 10.0. The molecule has 0 spiro atoms. The largest absolute Gasteiger partial charge is 0.482 e. The second-order valence-electron chi connectivity index (χ2n) is 4.51. The van der Waals surface area contributed by atoms with Gasteiger partial charge in [0.15, 0.2) is 5.75 Å². The number of ether oxygens (including phenoxy) is 1. The smallest absolute Gasteiger partial charge is 0.422 e. The van der Waals surface area contributed by atoms with Crippen molar-refractivity contribution in [2.75, 3.05) is 5.32 Å². The molecule has 1 aromatic heterocycles. The predicted molar refractivity (Wildman–Crippen MR) is 67.5 cm³/mol. The molecule has 22 heavy (non-hydrogen) atoms. The molecule has 112 valence electrons. The van der Waals surface area contributed by atoms with E-state index in [1.54, 1.807) is 6.07 Å². The number of nitriles is 1. The lowest BCUT2D eigenvalue weighted by Gasteiger charge is -2.26. The minimum atomic E-state index is -4.14. The molecule has 2 aromatic rings. The van der Waals surface area contributed by atoms with Crippen LogP contribution in [0.2, 0.25) is 0 Å². The van der Waals surface area contributed by atoms with Crippen LogP contribution in [0, 0.1) is 17.1 Å². The standard InChI is InChI=1S/C13H7F3N4O2/c1-20-9(2-3-18-20)10-6(5-17)11-8(4-7(10)14)19-12(21)13(15,16)22-11/h2-4H,1H3,(H,19,21). The molecule has 0 aliphatic carbocycles. The van der Waals surface area contributed by atoms with Crippen LogP contribution in [0.25, 0.3) is 11.3 Å². The Kier molecular flexibility index (Phi) is 2.84. The maximum absolute atomic E-state index is 14.3. The first-order valence-corrected chi connectivity index (χ1v) is 5.98. The molecule has 0 unspecified atom stereocenters. The van der Waals surface area contributed by atoms with Gasteiger partial charge in [-0.25, -0.2) is 4.39 Å². The van der Waals surface area contributed by atoms with Gasteiger partial charge >= 0.3 is 12.0 Å². The molecular weight excluding hydrogens is 301 g/mol. The highest BCUT2D eigenvalue weighted by atomic mass is 19.3. The molecule has 6 nitrogen and oxygen atoms in total. The minimum absolute atomic E-state index is 0.209. The maximum atomic E-state index is 14.3. The molecule has 1 amide bonds. The number of carbonyl (C=O) groups is 1. The maximum Gasteiger partial charge on any atom is 0.482 e. The Morgan fingerprint density at radius 2 is 2.23 bits per heavy atom. The average molecular weight is 308 g/mol. The van der Waals surface area contributed by atoms with Gasteiger partial charge in [-0.3, -0.25) is 9.48 Å². The van der Waals surface area contributed by atoms with Crippen LogP contribution in [-0.2, 0) is 11.8 Å². The Labute approximate surface area is 121 Å². The van der Waals surface area contributed by atoms with Crippen LogP contribution < -0.4 is 10.1 Å². The molecule has 1 aliphatic heterocycles. The van der Waals surface area contributed by atoms with Crippen LogP contribution in [0.5, 0.6) is 5.75 Å². The van der Waals surface area contributed by atoms with Crippen molar-refractivity contribution in [2.45, 2.75) is 6.11 Å². The van der Waals surface area contributed by atoms with Crippen LogP contribution in [0.4, 0.5) is 18.9 Å². The Balaban J connectivity index is 2.30. The number of hydrogen-bond donors (Lipinski definition) is 1. The lowest BCUT2D eigenvalue weighted by molar-refractivity contribution is -0.189. The Bertz CT molecular complexity index is 839. The summed E-state index contributed by atoms with van der Waals surface area (Å²) in [6.07, 6.45) is -2.77. The third-order valence-electron chi connectivity index (χ3n) is 3.16. The van der Waals surface area contributed by atoms with Crippen molar-refractivity contribution in [1.29, 1.82) is 5.26 Å². The number of hydrogen-bond acceptors (Lipinski definition) is 4. The second-order valence-corrected chi connectivity index (χ2v) is 4.51. The van der Waals surface area contributed by atoms with Gasteiger partial charge < -0.3 is 10.1 Å². The average Bonchev–Trinajstić information content (AvgIpc) is 2.85. The van der Waals surface area contributed by atoms with Crippen LogP contribution in [0.1, 0.15) is 5.56 Å². The van der Waals surface area contributed by atoms with E-state index in [2.05, 4.69) is 9.84 Å². The zero-order valence-electron chi connectivity index (χ0n) is 11.0. The summed E-state index contributed by atoms with van der Waals surface area (Å²) in [7, 11) is 1.51. The van der Waals surface area contributed by atoms with Gasteiger partial charge in [0.1, 0.15) is 17.4 Å². The van der Waals surface area contributed by atoms with Crippen molar-refractivity contribution >= 4 is 11.6 Å². The van der Waals surface area contributed by atoms with Gasteiger partial charge in [-0.05, 0) is 6.07 Å². The number of anilines is 1. The molecule has 0 saturated carbocycles. The molecule has 0 saturated heterocycles. The number of halogens is 3. The summed E-state index contributed by atoms with van der Waals surface area (Å²) >= 11 is 0. The molecule has 2 heterocycles. The topological polar surface area (TPSA) is 79.9 Å². The summed E-state index contributed by atoms with van der Waals surface area (Å²) in [6.45, 7) is 0. The van der Waals surface area contributed by atoms with E-state index in [4.69, 9.17) is 0 Å². The van der Waals surface area contributed by atoms with Crippen LogP contribution in [-0.4, -0.2) is 21.8 Å². The van der Waals surface area contributed by atoms with Gasteiger partial charge in [0.25, 0.3) is 0 Å². The molecule has 0 radical (unpaired) electrons. The van der Waals surface area contributed by atoms with E-state index in [1.807, 2.05) is 5.32 Å². The molecule has 3 rings (SSSR count). The summed E-state index contributed by atoms with van der Waals surface area (Å²) in [5.41, 5.74) is -0.789. The lowest BCUT2D eigenvalue weighted by Crippen LogP contribution is -2.43. The number of benzene rings is 1. The molecule has 0 atom stereocenters. The van der Waals surface area contributed by atoms with Crippen molar-refractivity contribution in [1.82, 2.24) is 9.78 Å². The van der Waals surface area contributed by atoms with Crippen LogP contribution in [0.15, 0.2) is 18.3 Å². The van der Waals surface area contributed by atoms with Crippen molar-refractivity contribution in [3.8, 4) is 23.1 Å². The van der Waals surface area contributed by atoms with E-state index in [9.17, 15) is 23.2 Å². The highest BCUT2D eigenvalue weighted by molar-refractivity contribution is 6.00. The fourth-order valence-electron chi connectivity index (χ4n) is 2.18. The van der Waals surface area contributed by atoms with Crippen molar-refractivity contribution < 1.29 is 22.7 Å². The first kappa shape index (κ1) is 13.9. The number of carbonyl (C=O) groups excluding carboxylic acids is 1. The van der Waals surface area contributed by atoms with E-state index in [-0.39, 0.29) is 16.9 Å². The second kappa shape index (κ2) is 4.49. The first-order valence-electron chi connectivity index (χ1n) is 5.98. The van der Waals surface area contributed by atoms with Gasteiger partial charge in [-0.2, -0.15) is 19.1 Å². The predicted octanol–water partition coefficient (Wildman–Crippen LogP) is 2.02. The van der Waals surface area contributed by atoms with E-state index in [1.165, 1.54) is 24.0 Å². The van der Waals surface area contributed by atoms with E-state index in [0.717, 1.165) is 6.07 Å². The fraction of sp³-hybridized carbons (Fsp3) is 0.154. The van der Waals surface area contributed by atoms with Gasteiger partial charge in [-0.15, -0.1) is 0 Å². The summed E-state index contributed by atoms with van der Waals surface area (Å²) in [4.78, 5) is 11.2. The number of aromatic nitrogens is 2. The van der Waals surface area contributed by atoms with Gasteiger partial charge in [0.05, 0.1) is 16.9 Å². The third kappa shape index (κ3) is 1.88. The van der Waals surface area contributed by atoms with Crippen LogP contribution >= 0.6 is 0 Å². The number of amides is 1. The highest BCUT2D eigenvalue weighted by Crippen LogP contribution is 2.43. The molecule has 0 fully saturated rings. The summed E-state index contributed by atoms with van der Waals surface area (Å²) in [5.74, 6) is -3.17. The monoisotopic (exact) mass is 308 g/mol. The molecule has 0 bridgehead atoms. The van der Waals surface area contributed by atoms with E-state index in [0.29, 0.717) is 0 Å². The first-order chi connectivity index (χ1) is 10.3. The number of alkyl halides is 2. The molecule has 1 aliphatic rings. The third-order valence-corrected chi connectivity index (χ3v) is 3.16. The van der Waals surface area contributed by atoms with Gasteiger partial charge in [-0.1, -0.05) is 0 Å². The van der Waals surface area contributed by atoms with Crippen LogP contribution in [0.3, 0.4) is 0 Å². The molecular formula is C13H7F3N4O2. The Morgan fingerprint density at radius 1 is 1.50 bits per heavy atom. The molecule has 1 N–H and O–H groups in total. The van der Waals surface area contributed by atoms with Crippen molar-refractivity contribution in [3.63, 3.8) is 0 Å². The number of rotatable bonds is 1. The van der Waals surface area contributed by atoms with Gasteiger partial charge in [0, 0.05) is 19.3 Å². The number of nitrogens with zero attached hydrogens (tertiary/aromatic N) is 3. The zero-order chi connectivity index (χ0) is 16.1. The summed E-state index contributed by atoms with van der Waals surface area (Å²) in [5, 5.41) is 14.9. The van der Waals surface area contributed by atoms with Gasteiger partial charge in [0.2, 0.25) is 0 Å². The quantitative estimate of drug-likeness (QED) is 0.874. The number of aryl methyl sites for hydroxylation is 1. The zero-order valence-corrected chi connectivity index (χ0v) is 11.0. The summed E-state index contributed by atoms with van der Waals surface area (Å²) in [6, 6.07) is 3.89. The number of fused-ring (bicyclic) bond motifs is 1. The Morgan fingerprint density at radius 3 is 2.82 bits per heavy atom. The molecule has 9 heteroatoms. The highest BCUT2D eigenvalue weighted by Gasteiger charge is 2.47. The summed E-state index contributed by atoms with van der Waals surface area (Å²) < 4.78 is 46.7. The van der Waals surface area contributed by atoms with E-state index >= 15 is 0 Å². The normalized spacial score (nSPS) is 15.5.